The lowest BCUT2D eigenvalue weighted by Gasteiger charge is -2.09. The molecule has 0 aliphatic carbocycles. The number of ether oxygens (including phenoxy) is 2. The molecule has 7 nitrogen and oxygen atoms in total. The Kier molecular flexibility index (Phi) is 7.52. The second kappa shape index (κ2) is 10.3. The molecule has 0 saturated heterocycles. The van der Waals surface area contributed by atoms with Gasteiger partial charge < -0.3 is 20.1 Å². The second-order valence-corrected chi connectivity index (χ2v) is 7.72. The smallest absolute Gasteiger partial charge is 0.446 e. The lowest BCUT2D eigenvalue weighted by Crippen LogP contribution is -2.19. The number of aryl methyl sites for hydroxylation is 2. The van der Waals surface area contributed by atoms with Gasteiger partial charge in [-0.15, -0.1) is 0 Å². The van der Waals surface area contributed by atoms with Crippen molar-refractivity contribution >= 4 is 29.2 Å². The summed E-state index contributed by atoms with van der Waals surface area (Å²) >= 11 is -0.212. The number of methoxy groups -OCH3 is 2. The minimum atomic E-state index is -4.36. The summed E-state index contributed by atoms with van der Waals surface area (Å²) in [5.74, 6) is 1.30. The summed E-state index contributed by atoms with van der Waals surface area (Å²) in [7, 11) is 3.15. The third-order valence-electron chi connectivity index (χ3n) is 4.31. The number of nitrogens with zero attached hydrogens (tertiary/aromatic N) is 2. The SMILES string of the molecule is COc1ccc(CCn2cc(NC(=O)Nc3ccc(SC(F)(F)F)cc3)cn2)cc1OC. The van der Waals surface area contributed by atoms with Crippen LogP contribution < -0.4 is 20.1 Å². The average molecular weight is 466 g/mol. The van der Waals surface area contributed by atoms with Gasteiger partial charge in [-0.2, -0.15) is 18.3 Å². The van der Waals surface area contributed by atoms with Crippen molar-refractivity contribution in [3.05, 3.63) is 60.4 Å². The Morgan fingerprint density at radius 2 is 1.72 bits per heavy atom. The van der Waals surface area contributed by atoms with E-state index in [0.717, 1.165) is 5.56 Å². The van der Waals surface area contributed by atoms with Crippen LogP contribution in [0.3, 0.4) is 0 Å². The molecule has 2 N–H and O–H groups in total. The van der Waals surface area contributed by atoms with Gasteiger partial charge in [0, 0.05) is 23.3 Å². The zero-order valence-electron chi connectivity index (χ0n) is 17.3. The van der Waals surface area contributed by atoms with E-state index in [4.69, 9.17) is 9.47 Å². The quantitative estimate of drug-likeness (QED) is 0.435. The van der Waals surface area contributed by atoms with E-state index in [1.165, 1.54) is 30.5 Å². The van der Waals surface area contributed by atoms with Gasteiger partial charge in [-0.1, -0.05) is 6.07 Å². The molecule has 0 saturated carbocycles. The highest BCUT2D eigenvalue weighted by Crippen LogP contribution is 2.37. The van der Waals surface area contributed by atoms with Crippen molar-refractivity contribution in [1.29, 1.82) is 0 Å². The first-order valence-electron chi connectivity index (χ1n) is 9.43. The van der Waals surface area contributed by atoms with Crippen LogP contribution in [0.5, 0.6) is 11.5 Å². The van der Waals surface area contributed by atoms with Crippen LogP contribution in [-0.4, -0.2) is 35.5 Å². The summed E-state index contributed by atoms with van der Waals surface area (Å²) in [5.41, 5.74) is -2.46. The van der Waals surface area contributed by atoms with Crippen molar-refractivity contribution in [2.45, 2.75) is 23.4 Å². The van der Waals surface area contributed by atoms with Crippen LogP contribution in [0.4, 0.5) is 29.3 Å². The number of anilines is 2. The molecule has 2 amide bonds. The number of urea groups is 1. The standard InChI is InChI=1S/C21H21F3N4O3S/c1-30-18-8-3-14(11-19(18)31-2)9-10-28-13-16(12-25-28)27-20(29)26-15-4-6-17(7-5-15)32-21(22,23)24/h3-8,11-13H,9-10H2,1-2H3,(H2,26,27,29). The second-order valence-electron chi connectivity index (χ2n) is 6.58. The number of carbonyl (C=O) groups is 1. The number of alkyl halides is 3. The Labute approximate surface area is 186 Å². The number of halogens is 3. The van der Waals surface area contributed by atoms with E-state index in [2.05, 4.69) is 15.7 Å². The molecule has 0 radical (unpaired) electrons. The van der Waals surface area contributed by atoms with E-state index in [0.29, 0.717) is 35.8 Å². The van der Waals surface area contributed by atoms with Crippen molar-refractivity contribution in [2.24, 2.45) is 0 Å². The van der Waals surface area contributed by atoms with Gasteiger partial charge in [0.2, 0.25) is 0 Å². The summed E-state index contributed by atoms with van der Waals surface area (Å²) in [6, 6.07) is 10.5. The first-order valence-corrected chi connectivity index (χ1v) is 10.2. The number of hydrogen-bond acceptors (Lipinski definition) is 5. The van der Waals surface area contributed by atoms with E-state index in [-0.39, 0.29) is 16.7 Å². The molecule has 0 aliphatic rings. The first kappa shape index (κ1) is 23.3. The molecule has 2 aromatic carbocycles. The summed E-state index contributed by atoms with van der Waals surface area (Å²) in [6.45, 7) is 0.580. The van der Waals surface area contributed by atoms with Crippen molar-refractivity contribution in [2.75, 3.05) is 24.9 Å². The van der Waals surface area contributed by atoms with Gasteiger partial charge in [-0.05, 0) is 60.1 Å². The summed E-state index contributed by atoms with van der Waals surface area (Å²) in [5, 5.41) is 9.43. The maximum atomic E-state index is 12.4. The predicted octanol–water partition coefficient (Wildman–Crippen LogP) is 5.40. The van der Waals surface area contributed by atoms with Crippen molar-refractivity contribution in [3.63, 3.8) is 0 Å². The van der Waals surface area contributed by atoms with E-state index < -0.39 is 11.5 Å². The van der Waals surface area contributed by atoms with E-state index in [9.17, 15) is 18.0 Å². The number of amides is 2. The molecule has 1 aromatic heterocycles. The first-order chi connectivity index (χ1) is 15.3. The largest absolute Gasteiger partial charge is 0.493 e. The molecule has 0 fully saturated rings. The Morgan fingerprint density at radius 1 is 1.03 bits per heavy atom. The van der Waals surface area contributed by atoms with Crippen molar-refractivity contribution in [1.82, 2.24) is 9.78 Å². The Balaban J connectivity index is 1.51. The minimum absolute atomic E-state index is 0.0409. The average Bonchev–Trinajstić information content (AvgIpc) is 3.19. The highest BCUT2D eigenvalue weighted by molar-refractivity contribution is 8.00. The van der Waals surface area contributed by atoms with Crippen molar-refractivity contribution in [3.8, 4) is 11.5 Å². The Hall–Kier alpha value is -3.34. The van der Waals surface area contributed by atoms with E-state index >= 15 is 0 Å². The maximum Gasteiger partial charge on any atom is 0.446 e. The summed E-state index contributed by atoms with van der Waals surface area (Å²) in [4.78, 5) is 12.2. The monoisotopic (exact) mass is 466 g/mol. The van der Waals surface area contributed by atoms with Gasteiger partial charge in [-0.25, -0.2) is 4.79 Å². The van der Waals surface area contributed by atoms with Crippen LogP contribution in [0.25, 0.3) is 0 Å². The number of carbonyl (C=O) groups excluding carboxylic acids is 1. The fourth-order valence-electron chi connectivity index (χ4n) is 2.86. The van der Waals surface area contributed by atoms with Crippen LogP contribution in [0.15, 0.2) is 59.8 Å². The number of rotatable bonds is 8. The Morgan fingerprint density at radius 3 is 2.38 bits per heavy atom. The van der Waals surface area contributed by atoms with Crippen LogP contribution in [0.2, 0.25) is 0 Å². The highest BCUT2D eigenvalue weighted by atomic mass is 32.2. The van der Waals surface area contributed by atoms with Gasteiger partial charge in [-0.3, -0.25) is 4.68 Å². The molecule has 11 heteroatoms. The molecule has 3 aromatic rings. The maximum absolute atomic E-state index is 12.4. The molecule has 0 unspecified atom stereocenters. The van der Waals surface area contributed by atoms with Gasteiger partial charge in [0.1, 0.15) is 0 Å². The normalized spacial score (nSPS) is 11.2. The third kappa shape index (κ3) is 6.84. The number of thioether (sulfide) groups is 1. The zero-order chi connectivity index (χ0) is 23.1. The molecule has 3 rings (SSSR count). The molecule has 32 heavy (non-hydrogen) atoms. The fourth-order valence-corrected chi connectivity index (χ4v) is 3.40. The molecular formula is C21H21F3N4O3S. The predicted molar refractivity (Wildman–Crippen MR) is 116 cm³/mol. The molecule has 0 aliphatic heterocycles. The van der Waals surface area contributed by atoms with Gasteiger partial charge >= 0.3 is 11.5 Å². The zero-order valence-corrected chi connectivity index (χ0v) is 18.1. The number of nitrogens with one attached hydrogen (secondary N) is 2. The van der Waals surface area contributed by atoms with Gasteiger partial charge in [0.15, 0.2) is 11.5 Å². The summed E-state index contributed by atoms with van der Waals surface area (Å²) < 4.78 is 49.3. The third-order valence-corrected chi connectivity index (χ3v) is 5.05. The number of aromatic nitrogens is 2. The topological polar surface area (TPSA) is 77.4 Å². The molecular weight excluding hydrogens is 445 g/mol. The Bertz CT molecular complexity index is 1060. The van der Waals surface area contributed by atoms with E-state index in [1.54, 1.807) is 25.1 Å². The van der Waals surface area contributed by atoms with Crippen molar-refractivity contribution < 1.29 is 27.4 Å². The van der Waals surface area contributed by atoms with Gasteiger partial charge in [0.25, 0.3) is 0 Å². The van der Waals surface area contributed by atoms with Crippen LogP contribution in [0, 0.1) is 0 Å². The minimum Gasteiger partial charge on any atom is -0.493 e. The molecule has 0 bridgehead atoms. The lowest BCUT2D eigenvalue weighted by atomic mass is 10.1. The summed E-state index contributed by atoms with van der Waals surface area (Å²) in [6.07, 6.45) is 3.89. The fraction of sp³-hybridized carbons (Fsp3) is 0.238. The molecule has 1 heterocycles. The number of benzene rings is 2. The van der Waals surface area contributed by atoms with Crippen LogP contribution in [-0.2, 0) is 13.0 Å². The molecule has 0 atom stereocenters. The van der Waals surface area contributed by atoms with Gasteiger partial charge in [0.05, 0.1) is 26.1 Å². The number of hydrogen-bond donors (Lipinski definition) is 2. The molecule has 170 valence electrons. The molecule has 0 spiro atoms. The van der Waals surface area contributed by atoms with Crippen LogP contribution >= 0.6 is 11.8 Å². The van der Waals surface area contributed by atoms with E-state index in [1.807, 2.05) is 18.2 Å². The highest BCUT2D eigenvalue weighted by Gasteiger charge is 2.29. The van der Waals surface area contributed by atoms with Crippen LogP contribution in [0.1, 0.15) is 5.56 Å². The lowest BCUT2D eigenvalue weighted by molar-refractivity contribution is -0.0328.